The van der Waals surface area contributed by atoms with E-state index in [1.165, 1.54) is 0 Å². The molecule has 4 rings (SSSR count). The van der Waals surface area contributed by atoms with E-state index in [0.717, 1.165) is 28.1 Å². The summed E-state index contributed by atoms with van der Waals surface area (Å²) in [4.78, 5) is 25.8. The summed E-state index contributed by atoms with van der Waals surface area (Å²) < 4.78 is 1.67. The van der Waals surface area contributed by atoms with Crippen LogP contribution >= 0.6 is 11.6 Å². The summed E-state index contributed by atoms with van der Waals surface area (Å²) in [5.41, 5.74) is 4.85. The maximum Gasteiger partial charge on any atom is 0.253 e. The first-order chi connectivity index (χ1) is 13.9. The predicted octanol–water partition coefficient (Wildman–Crippen LogP) is 3.95. The zero-order chi connectivity index (χ0) is 20.5. The van der Waals surface area contributed by atoms with Crippen LogP contribution in [0, 0.1) is 20.8 Å². The third-order valence-electron chi connectivity index (χ3n) is 4.78. The number of hydrogen-bond acceptors (Lipinski definition) is 5. The molecule has 1 N–H and O–H groups in total. The second-order valence-electron chi connectivity index (χ2n) is 6.83. The fraction of sp³-hybridized carbons (Fsp3) is 0.190. The number of anilines is 1. The Morgan fingerprint density at radius 3 is 2.76 bits per heavy atom. The molecule has 0 saturated carbocycles. The first-order valence-electron chi connectivity index (χ1n) is 9.11. The molecule has 0 aliphatic carbocycles. The lowest BCUT2D eigenvalue weighted by Gasteiger charge is -2.12. The number of benzene rings is 1. The van der Waals surface area contributed by atoms with Crippen LogP contribution in [-0.4, -0.2) is 30.5 Å². The summed E-state index contributed by atoms with van der Waals surface area (Å²) in [5, 5.41) is 8.06. The highest BCUT2D eigenvalue weighted by atomic mass is 35.5. The van der Waals surface area contributed by atoms with Gasteiger partial charge in [-0.3, -0.25) is 9.78 Å². The lowest BCUT2D eigenvalue weighted by atomic mass is 10.1. The molecule has 0 unspecified atom stereocenters. The lowest BCUT2D eigenvalue weighted by Crippen LogP contribution is -2.18. The number of halogens is 1. The summed E-state index contributed by atoms with van der Waals surface area (Å²) in [6, 6.07) is 9.14. The normalized spacial score (nSPS) is 11.0. The third kappa shape index (κ3) is 3.82. The van der Waals surface area contributed by atoms with Crippen molar-refractivity contribution in [3.05, 3.63) is 70.3 Å². The number of amides is 1. The summed E-state index contributed by atoms with van der Waals surface area (Å²) in [6.07, 6.45) is 3.58. The topological polar surface area (TPSA) is 85.1 Å². The van der Waals surface area contributed by atoms with Gasteiger partial charge in [-0.05, 0) is 50.6 Å². The summed E-state index contributed by atoms with van der Waals surface area (Å²) >= 11 is 6.04. The van der Waals surface area contributed by atoms with E-state index in [9.17, 15) is 4.79 Å². The Kier molecular flexibility index (Phi) is 4.98. The van der Waals surface area contributed by atoms with Crippen LogP contribution in [0.3, 0.4) is 0 Å². The van der Waals surface area contributed by atoms with E-state index in [2.05, 4.69) is 25.4 Å². The van der Waals surface area contributed by atoms with Gasteiger partial charge in [-0.1, -0.05) is 17.7 Å². The fourth-order valence-electron chi connectivity index (χ4n) is 3.17. The van der Waals surface area contributed by atoms with E-state index in [-0.39, 0.29) is 12.3 Å². The zero-order valence-electron chi connectivity index (χ0n) is 16.3. The maximum atomic E-state index is 12.7. The van der Waals surface area contributed by atoms with E-state index in [1.54, 1.807) is 29.0 Å². The molecular formula is C21H19ClN6O. The van der Waals surface area contributed by atoms with Crippen molar-refractivity contribution < 1.29 is 4.79 Å². The number of fused-ring (bicyclic) bond motifs is 1. The van der Waals surface area contributed by atoms with Crippen LogP contribution in [-0.2, 0) is 11.2 Å². The van der Waals surface area contributed by atoms with Crippen molar-refractivity contribution in [2.24, 2.45) is 0 Å². The molecule has 1 aromatic carbocycles. The van der Waals surface area contributed by atoms with Gasteiger partial charge in [0.05, 0.1) is 6.42 Å². The highest BCUT2D eigenvalue weighted by Crippen LogP contribution is 2.22. The average molecular weight is 407 g/mol. The monoisotopic (exact) mass is 406 g/mol. The Balaban J connectivity index is 1.65. The number of carbonyl (C=O) groups is 1. The van der Waals surface area contributed by atoms with Crippen LogP contribution in [0.25, 0.3) is 17.2 Å². The van der Waals surface area contributed by atoms with Gasteiger partial charge < -0.3 is 5.32 Å². The van der Waals surface area contributed by atoms with Crippen LogP contribution in [0.5, 0.6) is 0 Å². The zero-order valence-corrected chi connectivity index (χ0v) is 17.0. The Bertz CT molecular complexity index is 1220. The van der Waals surface area contributed by atoms with Crippen LogP contribution < -0.4 is 5.32 Å². The molecule has 0 fully saturated rings. The van der Waals surface area contributed by atoms with Crippen molar-refractivity contribution in [2.75, 3.05) is 5.32 Å². The molecule has 29 heavy (non-hydrogen) atoms. The van der Waals surface area contributed by atoms with E-state index >= 15 is 0 Å². The molecule has 3 heterocycles. The van der Waals surface area contributed by atoms with Gasteiger partial charge in [-0.15, -0.1) is 5.10 Å². The quantitative estimate of drug-likeness (QED) is 0.554. The summed E-state index contributed by atoms with van der Waals surface area (Å²) in [7, 11) is 0. The molecule has 8 heteroatoms. The van der Waals surface area contributed by atoms with Gasteiger partial charge in [0.25, 0.3) is 5.78 Å². The minimum atomic E-state index is -0.143. The largest absolute Gasteiger partial charge is 0.326 e. The molecule has 1 amide bonds. The average Bonchev–Trinajstić information content (AvgIpc) is 3.13. The van der Waals surface area contributed by atoms with Gasteiger partial charge in [0.1, 0.15) is 0 Å². The van der Waals surface area contributed by atoms with Crippen molar-refractivity contribution in [2.45, 2.75) is 27.2 Å². The molecule has 4 aromatic rings. The Labute approximate surface area is 172 Å². The van der Waals surface area contributed by atoms with E-state index < -0.39 is 0 Å². The van der Waals surface area contributed by atoms with E-state index in [1.807, 2.05) is 39.0 Å². The molecule has 0 aliphatic heterocycles. The van der Waals surface area contributed by atoms with Crippen LogP contribution in [0.15, 0.2) is 42.7 Å². The fourth-order valence-corrected chi connectivity index (χ4v) is 3.34. The van der Waals surface area contributed by atoms with Crippen molar-refractivity contribution in [3.63, 3.8) is 0 Å². The second kappa shape index (κ2) is 7.60. The SMILES string of the molecule is Cc1ccc(Cl)cc1NC(=O)Cc1c(C)nc2nc(-c3cccnc3)nn2c1C. The number of aromatic nitrogens is 5. The lowest BCUT2D eigenvalue weighted by molar-refractivity contribution is -0.115. The standard InChI is InChI=1S/C21H19ClN6O/c1-12-6-7-16(22)9-18(12)25-19(29)10-17-13(2)24-21-26-20(27-28(21)14(17)3)15-5-4-8-23-11-15/h4-9,11H,10H2,1-3H3,(H,25,29). The summed E-state index contributed by atoms with van der Waals surface area (Å²) in [5.74, 6) is 0.897. The molecule has 0 bridgehead atoms. The number of nitrogens with one attached hydrogen (secondary N) is 1. The maximum absolute atomic E-state index is 12.7. The van der Waals surface area contributed by atoms with Crippen molar-refractivity contribution in [1.82, 2.24) is 24.6 Å². The molecule has 7 nitrogen and oxygen atoms in total. The Morgan fingerprint density at radius 1 is 1.17 bits per heavy atom. The highest BCUT2D eigenvalue weighted by Gasteiger charge is 2.17. The van der Waals surface area contributed by atoms with Gasteiger partial charge in [-0.2, -0.15) is 4.98 Å². The predicted molar refractivity (Wildman–Crippen MR) is 112 cm³/mol. The molecule has 0 aliphatic rings. The molecular weight excluding hydrogens is 388 g/mol. The molecule has 0 saturated heterocycles. The Hall–Kier alpha value is -3.32. The molecule has 0 atom stereocenters. The van der Waals surface area contributed by atoms with Crippen molar-refractivity contribution in [3.8, 4) is 11.4 Å². The van der Waals surface area contributed by atoms with Gasteiger partial charge in [-0.25, -0.2) is 9.50 Å². The second-order valence-corrected chi connectivity index (χ2v) is 7.27. The van der Waals surface area contributed by atoms with Crippen LogP contribution in [0.2, 0.25) is 5.02 Å². The van der Waals surface area contributed by atoms with Crippen LogP contribution in [0.4, 0.5) is 5.69 Å². The van der Waals surface area contributed by atoms with Gasteiger partial charge in [0, 0.05) is 45.6 Å². The minimum absolute atomic E-state index is 0.143. The number of carbonyl (C=O) groups excluding carboxylic acids is 1. The number of nitrogens with zero attached hydrogens (tertiary/aromatic N) is 5. The minimum Gasteiger partial charge on any atom is -0.326 e. The van der Waals surface area contributed by atoms with E-state index in [4.69, 9.17) is 11.6 Å². The van der Waals surface area contributed by atoms with Crippen molar-refractivity contribution >= 4 is 29.0 Å². The molecule has 146 valence electrons. The van der Waals surface area contributed by atoms with E-state index in [0.29, 0.717) is 22.3 Å². The number of hydrogen-bond donors (Lipinski definition) is 1. The number of aryl methyl sites for hydroxylation is 3. The molecule has 3 aromatic heterocycles. The first kappa shape index (κ1) is 19.0. The summed E-state index contributed by atoms with van der Waals surface area (Å²) in [6.45, 7) is 5.71. The highest BCUT2D eigenvalue weighted by molar-refractivity contribution is 6.31. The third-order valence-corrected chi connectivity index (χ3v) is 5.01. The molecule has 0 spiro atoms. The Morgan fingerprint density at radius 2 is 2.00 bits per heavy atom. The molecule has 0 radical (unpaired) electrons. The van der Waals surface area contributed by atoms with Gasteiger partial charge >= 0.3 is 0 Å². The van der Waals surface area contributed by atoms with Gasteiger partial charge in [0.15, 0.2) is 5.82 Å². The number of rotatable bonds is 4. The number of pyridine rings is 1. The van der Waals surface area contributed by atoms with Crippen LogP contribution in [0.1, 0.15) is 22.5 Å². The smallest absolute Gasteiger partial charge is 0.253 e. The van der Waals surface area contributed by atoms with Crippen molar-refractivity contribution in [1.29, 1.82) is 0 Å². The first-order valence-corrected chi connectivity index (χ1v) is 9.49. The van der Waals surface area contributed by atoms with Gasteiger partial charge in [0.2, 0.25) is 5.91 Å².